The number of carbonyl (C=O) groups is 1. The van der Waals surface area contributed by atoms with Crippen LogP contribution in [0, 0.1) is 34.4 Å². The Bertz CT molecular complexity index is 1090. The molecule has 0 bridgehead atoms. The monoisotopic (exact) mass is 421 g/mol. The van der Waals surface area contributed by atoms with Crippen molar-refractivity contribution in [3.63, 3.8) is 0 Å². The number of nitrogens with zero attached hydrogens (tertiary/aromatic N) is 1. The molecule has 0 spiro atoms. The molecule has 1 aromatic carbocycles. The summed E-state index contributed by atoms with van der Waals surface area (Å²) in [6.07, 6.45) is 9.84. The number of allylic oxidation sites excluding steroid dienone is 2. The molecule has 2 nitrogen and oxygen atoms in total. The minimum absolute atomic E-state index is 0.0755. The highest BCUT2D eigenvalue weighted by Gasteiger charge is 2.58. The highest BCUT2D eigenvalue weighted by molar-refractivity contribution is 7.15. The number of carbonyl (C=O) groups excluding carboxylic acids is 1. The maximum absolute atomic E-state index is 13.8. The Morgan fingerprint density at radius 3 is 2.77 bits per heavy atom. The van der Waals surface area contributed by atoms with Crippen molar-refractivity contribution >= 4 is 22.7 Å². The second-order valence-corrected chi connectivity index (χ2v) is 11.5. The molecule has 0 amide bonds. The van der Waals surface area contributed by atoms with Gasteiger partial charge in [-0.2, -0.15) is 0 Å². The first-order valence-electron chi connectivity index (χ1n) is 11.4. The van der Waals surface area contributed by atoms with E-state index in [2.05, 4.69) is 19.9 Å². The Balaban J connectivity index is 1.40. The molecule has 0 aliphatic heterocycles. The molecule has 2 aromatic rings. The van der Waals surface area contributed by atoms with Crippen molar-refractivity contribution in [2.24, 2.45) is 28.6 Å². The molecule has 2 saturated carbocycles. The molecule has 0 radical (unpaired) electrons. The van der Waals surface area contributed by atoms with E-state index >= 15 is 0 Å². The number of Topliss-reactive ketones (excluding diaryl/α,β-unsaturated/α-hetero) is 1. The first kappa shape index (κ1) is 18.9. The number of hydrogen-bond donors (Lipinski definition) is 0. The first-order chi connectivity index (χ1) is 14.4. The van der Waals surface area contributed by atoms with Crippen LogP contribution in [-0.4, -0.2) is 10.8 Å². The van der Waals surface area contributed by atoms with Crippen molar-refractivity contribution in [2.75, 3.05) is 0 Å². The fourth-order valence-corrected chi connectivity index (χ4v) is 8.47. The van der Waals surface area contributed by atoms with Gasteiger partial charge in [0.25, 0.3) is 0 Å². The predicted molar refractivity (Wildman–Crippen MR) is 119 cm³/mol. The maximum Gasteiger partial charge on any atom is 0.139 e. The molecule has 6 rings (SSSR count). The van der Waals surface area contributed by atoms with Gasteiger partial charge in [-0.1, -0.05) is 32.1 Å². The number of rotatable bonds is 1. The summed E-state index contributed by atoms with van der Waals surface area (Å²) in [5, 5.41) is 0.935. The fourth-order valence-electron chi connectivity index (χ4n) is 7.40. The minimum Gasteiger partial charge on any atom is -0.299 e. The van der Waals surface area contributed by atoms with E-state index in [4.69, 9.17) is 4.98 Å². The van der Waals surface area contributed by atoms with E-state index in [9.17, 15) is 9.18 Å². The van der Waals surface area contributed by atoms with Crippen LogP contribution in [0.25, 0.3) is 16.1 Å². The van der Waals surface area contributed by atoms with E-state index in [1.54, 1.807) is 23.5 Å². The average Bonchev–Trinajstić information content (AvgIpc) is 3.29. The second kappa shape index (κ2) is 6.35. The van der Waals surface area contributed by atoms with E-state index in [0.717, 1.165) is 55.5 Å². The standard InChI is InChI=1S/C26H28FNOS/c1-25-13-11-21-23(28-24(30-21)15-4-3-5-16(27)14-15)20(25)7-6-17-18-8-9-22(29)26(18,2)12-10-19(17)25/h3-5,7,14,17-19H,6,8-13H2,1-2H3/t17-,18-,19-,25+,26-/m0/s1. The largest absolute Gasteiger partial charge is 0.299 e. The molecule has 4 aliphatic rings. The van der Waals surface area contributed by atoms with Gasteiger partial charge in [-0.3, -0.25) is 4.79 Å². The Hall–Kier alpha value is -1.81. The molecule has 0 N–H and O–H groups in total. The Morgan fingerprint density at radius 2 is 1.93 bits per heavy atom. The van der Waals surface area contributed by atoms with E-state index in [1.165, 1.54) is 22.2 Å². The molecular formula is C26H28FNOS. The van der Waals surface area contributed by atoms with Crippen LogP contribution in [0.2, 0.25) is 0 Å². The lowest BCUT2D eigenvalue weighted by Gasteiger charge is -2.55. The van der Waals surface area contributed by atoms with Crippen LogP contribution < -0.4 is 0 Å². The van der Waals surface area contributed by atoms with Crippen molar-refractivity contribution in [2.45, 2.75) is 58.8 Å². The Kier molecular flexibility index (Phi) is 4.01. The van der Waals surface area contributed by atoms with Crippen molar-refractivity contribution in [1.82, 2.24) is 4.98 Å². The highest BCUT2D eigenvalue weighted by Crippen LogP contribution is 2.65. The van der Waals surface area contributed by atoms with Gasteiger partial charge in [-0.05, 0) is 79.4 Å². The summed E-state index contributed by atoms with van der Waals surface area (Å²) >= 11 is 1.73. The van der Waals surface area contributed by atoms with Crippen molar-refractivity contribution in [3.05, 3.63) is 46.7 Å². The molecular weight excluding hydrogens is 393 g/mol. The number of halogens is 1. The SMILES string of the molecule is C[C@]12CCc3sc(-c4cccc(F)c4)nc3C1=CC[C@@H]1[C@@H]2CC[C@]2(C)C(=O)CC[C@@H]12. The summed E-state index contributed by atoms with van der Waals surface area (Å²) in [5.41, 5.74) is 3.55. The molecule has 5 atom stereocenters. The summed E-state index contributed by atoms with van der Waals surface area (Å²) in [7, 11) is 0. The van der Waals surface area contributed by atoms with Gasteiger partial charge in [0.05, 0.1) is 5.69 Å². The summed E-state index contributed by atoms with van der Waals surface area (Å²) in [4.78, 5) is 19.0. The van der Waals surface area contributed by atoms with Crippen LogP contribution in [0.5, 0.6) is 0 Å². The third-order valence-corrected chi connectivity index (χ3v) is 10.2. The normalized spacial score (nSPS) is 37.1. The third kappa shape index (κ3) is 2.46. The second-order valence-electron chi connectivity index (χ2n) is 10.4. The summed E-state index contributed by atoms with van der Waals surface area (Å²) in [6, 6.07) is 6.80. The lowest BCUT2D eigenvalue weighted by molar-refractivity contribution is -0.131. The van der Waals surface area contributed by atoms with Crippen LogP contribution in [0.3, 0.4) is 0 Å². The first-order valence-corrected chi connectivity index (χ1v) is 12.2. The molecule has 0 saturated heterocycles. The Morgan fingerprint density at radius 1 is 1.10 bits per heavy atom. The summed E-state index contributed by atoms with van der Waals surface area (Å²) in [6.45, 7) is 4.70. The highest BCUT2D eigenvalue weighted by atomic mass is 32.1. The van der Waals surface area contributed by atoms with Gasteiger partial charge < -0.3 is 0 Å². The lowest BCUT2D eigenvalue weighted by Crippen LogP contribution is -2.49. The average molecular weight is 422 g/mol. The third-order valence-electron chi connectivity index (χ3n) is 9.07. The van der Waals surface area contributed by atoms with Gasteiger partial charge in [0.15, 0.2) is 0 Å². The number of benzene rings is 1. The van der Waals surface area contributed by atoms with Crippen LogP contribution in [0.4, 0.5) is 4.39 Å². The molecule has 156 valence electrons. The zero-order chi connectivity index (χ0) is 20.7. The molecule has 4 heteroatoms. The minimum atomic E-state index is -0.207. The fraction of sp³-hybridized carbons (Fsp3) is 0.538. The number of hydrogen-bond acceptors (Lipinski definition) is 3. The zero-order valence-electron chi connectivity index (χ0n) is 17.7. The van der Waals surface area contributed by atoms with Crippen LogP contribution >= 0.6 is 11.3 Å². The van der Waals surface area contributed by atoms with Gasteiger partial charge in [0.2, 0.25) is 0 Å². The van der Waals surface area contributed by atoms with Gasteiger partial charge in [-0.25, -0.2) is 9.37 Å². The topological polar surface area (TPSA) is 30.0 Å². The number of fused-ring (bicyclic) bond motifs is 7. The van der Waals surface area contributed by atoms with Gasteiger partial charge >= 0.3 is 0 Å². The number of thiazole rings is 1. The molecule has 1 aromatic heterocycles. The molecule has 2 fully saturated rings. The van der Waals surface area contributed by atoms with Gasteiger partial charge in [0, 0.05) is 22.3 Å². The van der Waals surface area contributed by atoms with Crippen LogP contribution in [0.15, 0.2) is 30.3 Å². The van der Waals surface area contributed by atoms with E-state index in [0.29, 0.717) is 23.5 Å². The van der Waals surface area contributed by atoms with Gasteiger partial charge in [-0.15, -0.1) is 11.3 Å². The number of aromatic nitrogens is 1. The van der Waals surface area contributed by atoms with E-state index in [1.807, 2.05) is 6.07 Å². The molecule has 30 heavy (non-hydrogen) atoms. The van der Waals surface area contributed by atoms with Crippen molar-refractivity contribution in [3.8, 4) is 10.6 Å². The van der Waals surface area contributed by atoms with Crippen LogP contribution in [-0.2, 0) is 11.2 Å². The maximum atomic E-state index is 13.8. The van der Waals surface area contributed by atoms with E-state index < -0.39 is 0 Å². The zero-order valence-corrected chi connectivity index (χ0v) is 18.5. The molecule has 0 unspecified atom stereocenters. The van der Waals surface area contributed by atoms with Crippen LogP contribution in [0.1, 0.15) is 62.9 Å². The van der Waals surface area contributed by atoms with E-state index in [-0.39, 0.29) is 16.6 Å². The Labute approximate surface area is 181 Å². The summed E-state index contributed by atoms with van der Waals surface area (Å²) < 4.78 is 13.8. The predicted octanol–water partition coefficient (Wildman–Crippen LogP) is 6.70. The van der Waals surface area contributed by atoms with Gasteiger partial charge in [0.1, 0.15) is 16.6 Å². The lowest BCUT2D eigenvalue weighted by atomic mass is 9.48. The van der Waals surface area contributed by atoms with Crippen molar-refractivity contribution in [1.29, 1.82) is 0 Å². The smallest absolute Gasteiger partial charge is 0.139 e. The number of ketones is 1. The van der Waals surface area contributed by atoms with Crippen molar-refractivity contribution < 1.29 is 9.18 Å². The quantitative estimate of drug-likeness (QED) is 0.513. The summed E-state index contributed by atoms with van der Waals surface area (Å²) in [5.74, 6) is 2.14. The molecule has 1 heterocycles. The number of aryl methyl sites for hydroxylation is 1. The molecule has 4 aliphatic carbocycles.